The van der Waals surface area contributed by atoms with Crippen molar-refractivity contribution >= 4 is 33.5 Å². The van der Waals surface area contributed by atoms with Gasteiger partial charge >= 0.3 is 0 Å². The van der Waals surface area contributed by atoms with Crippen LogP contribution in [0.4, 0.5) is 5.69 Å². The molecule has 0 unspecified atom stereocenters. The van der Waals surface area contributed by atoms with E-state index in [1.165, 1.54) is 19.2 Å². The summed E-state index contributed by atoms with van der Waals surface area (Å²) in [7, 11) is 1.44. The van der Waals surface area contributed by atoms with Crippen LogP contribution in [0.5, 0.6) is 11.5 Å². The molecule has 0 atom stereocenters. The number of carbonyl (C=O) groups is 1. The molecule has 0 saturated heterocycles. The SMILES string of the molecule is COc1cc(NC(=O)Cc2cccc3c(=O)c4ccc(C)c(C)c4oc23)ccc1O. The van der Waals surface area contributed by atoms with Gasteiger partial charge in [0.25, 0.3) is 0 Å². The zero-order valence-electron chi connectivity index (χ0n) is 16.9. The van der Waals surface area contributed by atoms with Gasteiger partial charge in [0.05, 0.1) is 24.3 Å². The summed E-state index contributed by atoms with van der Waals surface area (Å²) in [6.07, 6.45) is 0.0276. The fourth-order valence-electron chi connectivity index (χ4n) is 3.50. The number of rotatable bonds is 4. The Morgan fingerprint density at radius 1 is 1.07 bits per heavy atom. The lowest BCUT2D eigenvalue weighted by Gasteiger charge is -2.11. The van der Waals surface area contributed by atoms with E-state index in [0.717, 1.165) is 11.1 Å². The molecule has 4 aromatic rings. The molecule has 1 aromatic heterocycles. The van der Waals surface area contributed by atoms with Crippen molar-refractivity contribution in [3.8, 4) is 11.5 Å². The molecule has 1 heterocycles. The van der Waals surface area contributed by atoms with Crippen LogP contribution < -0.4 is 15.5 Å². The van der Waals surface area contributed by atoms with E-state index >= 15 is 0 Å². The maximum Gasteiger partial charge on any atom is 0.228 e. The van der Waals surface area contributed by atoms with Crippen LogP contribution in [0.25, 0.3) is 21.9 Å². The molecule has 2 N–H and O–H groups in total. The number of anilines is 1. The minimum absolute atomic E-state index is 0.0103. The molecule has 0 radical (unpaired) electrons. The van der Waals surface area contributed by atoms with Gasteiger partial charge in [-0.15, -0.1) is 0 Å². The number of phenols is 1. The van der Waals surface area contributed by atoms with Gasteiger partial charge in [-0.1, -0.05) is 18.2 Å². The number of hydrogen-bond acceptors (Lipinski definition) is 5. The van der Waals surface area contributed by atoms with Crippen LogP contribution in [0.15, 0.2) is 57.7 Å². The van der Waals surface area contributed by atoms with Crippen LogP contribution >= 0.6 is 0 Å². The first-order valence-electron chi connectivity index (χ1n) is 9.50. The van der Waals surface area contributed by atoms with Crippen LogP contribution in [0.1, 0.15) is 16.7 Å². The van der Waals surface area contributed by atoms with Crippen LogP contribution in [0.3, 0.4) is 0 Å². The van der Waals surface area contributed by atoms with E-state index < -0.39 is 0 Å². The number of para-hydroxylation sites is 1. The summed E-state index contributed by atoms with van der Waals surface area (Å²) in [4.78, 5) is 25.6. The van der Waals surface area contributed by atoms with E-state index in [9.17, 15) is 14.7 Å². The first-order valence-corrected chi connectivity index (χ1v) is 9.50. The summed E-state index contributed by atoms with van der Waals surface area (Å²) < 4.78 is 11.2. The van der Waals surface area contributed by atoms with E-state index in [1.807, 2.05) is 19.9 Å². The number of amides is 1. The summed E-state index contributed by atoms with van der Waals surface area (Å²) in [6, 6.07) is 13.5. The van der Waals surface area contributed by atoms with Crippen LogP contribution in [0, 0.1) is 13.8 Å². The number of carbonyl (C=O) groups excluding carboxylic acids is 1. The maximum atomic E-state index is 13.0. The monoisotopic (exact) mass is 403 g/mol. The first-order chi connectivity index (χ1) is 14.4. The second kappa shape index (κ2) is 7.55. The van der Waals surface area contributed by atoms with Crippen molar-refractivity contribution in [3.05, 3.63) is 75.4 Å². The lowest BCUT2D eigenvalue weighted by Crippen LogP contribution is -2.15. The van der Waals surface area contributed by atoms with Crippen molar-refractivity contribution in [2.75, 3.05) is 12.4 Å². The number of ether oxygens (including phenoxy) is 1. The Labute approximate surface area is 172 Å². The molecule has 0 aliphatic heterocycles. The van der Waals surface area contributed by atoms with Gasteiger partial charge in [0.1, 0.15) is 11.2 Å². The lowest BCUT2D eigenvalue weighted by atomic mass is 10.0. The predicted molar refractivity (Wildman–Crippen MR) is 116 cm³/mol. The summed E-state index contributed by atoms with van der Waals surface area (Å²) >= 11 is 0. The second-order valence-corrected chi connectivity index (χ2v) is 7.22. The molecule has 1 amide bonds. The standard InChI is InChI=1S/C24H21NO5/c1-13-7-9-18-22(28)17-6-4-5-15(24(17)30-23(18)14(13)2)11-21(27)25-16-8-10-19(26)20(12-16)29-3/h4-10,12,26H,11H2,1-3H3,(H,25,27). The molecule has 0 aliphatic rings. The fourth-order valence-corrected chi connectivity index (χ4v) is 3.50. The molecule has 3 aromatic carbocycles. The third-order valence-corrected chi connectivity index (χ3v) is 5.28. The average Bonchev–Trinajstić information content (AvgIpc) is 2.73. The molecule has 6 heteroatoms. The van der Waals surface area contributed by atoms with E-state index in [1.54, 1.807) is 30.3 Å². The zero-order chi connectivity index (χ0) is 21.4. The highest BCUT2D eigenvalue weighted by Crippen LogP contribution is 2.29. The third kappa shape index (κ3) is 3.37. The van der Waals surface area contributed by atoms with Gasteiger partial charge in [0.15, 0.2) is 11.5 Å². The van der Waals surface area contributed by atoms with Crippen molar-refractivity contribution in [1.82, 2.24) is 0 Å². The number of fused-ring (bicyclic) bond motifs is 2. The number of nitrogens with one attached hydrogen (secondary N) is 1. The smallest absolute Gasteiger partial charge is 0.228 e. The minimum Gasteiger partial charge on any atom is -0.504 e. The van der Waals surface area contributed by atoms with E-state index in [4.69, 9.17) is 9.15 Å². The number of methoxy groups -OCH3 is 1. The Kier molecular flexibility index (Phi) is 4.91. The second-order valence-electron chi connectivity index (χ2n) is 7.22. The molecule has 0 spiro atoms. The summed E-state index contributed by atoms with van der Waals surface area (Å²) in [6.45, 7) is 3.88. The molecule has 30 heavy (non-hydrogen) atoms. The first kappa shape index (κ1) is 19.5. The lowest BCUT2D eigenvalue weighted by molar-refractivity contribution is -0.115. The fraction of sp³-hybridized carbons (Fsp3) is 0.167. The molecule has 6 nitrogen and oxygen atoms in total. The molecule has 0 aliphatic carbocycles. The van der Waals surface area contributed by atoms with Crippen LogP contribution in [-0.2, 0) is 11.2 Å². The Morgan fingerprint density at radius 3 is 2.60 bits per heavy atom. The van der Waals surface area contributed by atoms with Gasteiger partial charge in [0, 0.05) is 17.3 Å². The van der Waals surface area contributed by atoms with Crippen LogP contribution in [-0.4, -0.2) is 18.1 Å². The van der Waals surface area contributed by atoms with E-state index in [2.05, 4.69) is 5.32 Å². The number of phenolic OH excluding ortho intramolecular Hbond substituents is 1. The normalized spacial score (nSPS) is 11.0. The highest BCUT2D eigenvalue weighted by molar-refractivity contribution is 5.97. The molecule has 0 saturated carbocycles. The van der Waals surface area contributed by atoms with Crippen molar-refractivity contribution in [2.24, 2.45) is 0 Å². The number of aromatic hydroxyl groups is 1. The molecule has 4 rings (SSSR count). The Balaban J connectivity index is 1.73. The minimum atomic E-state index is -0.279. The Hall–Kier alpha value is -3.80. The van der Waals surface area contributed by atoms with Gasteiger partial charge < -0.3 is 19.6 Å². The van der Waals surface area contributed by atoms with Crippen molar-refractivity contribution in [1.29, 1.82) is 0 Å². The highest BCUT2D eigenvalue weighted by Gasteiger charge is 2.15. The number of aryl methyl sites for hydroxylation is 2. The topological polar surface area (TPSA) is 88.8 Å². The highest BCUT2D eigenvalue weighted by atomic mass is 16.5. The van der Waals surface area contributed by atoms with Crippen LogP contribution in [0.2, 0.25) is 0 Å². The van der Waals surface area contributed by atoms with Crippen molar-refractivity contribution in [3.63, 3.8) is 0 Å². The summed E-state index contributed by atoms with van der Waals surface area (Å²) in [5.41, 5.74) is 3.90. The molecule has 152 valence electrons. The number of benzene rings is 3. The Morgan fingerprint density at radius 2 is 1.83 bits per heavy atom. The van der Waals surface area contributed by atoms with E-state index in [-0.39, 0.29) is 29.3 Å². The van der Waals surface area contributed by atoms with Gasteiger partial charge in [0.2, 0.25) is 11.3 Å². The third-order valence-electron chi connectivity index (χ3n) is 5.28. The Bertz CT molecular complexity index is 1350. The molecule has 0 fully saturated rings. The molecular formula is C24H21NO5. The van der Waals surface area contributed by atoms with Gasteiger partial charge in [-0.25, -0.2) is 0 Å². The quantitative estimate of drug-likeness (QED) is 0.388. The largest absolute Gasteiger partial charge is 0.504 e. The zero-order valence-corrected chi connectivity index (χ0v) is 16.9. The molecule has 0 bridgehead atoms. The predicted octanol–water partition coefficient (Wildman–Crippen LogP) is 4.46. The summed E-state index contributed by atoms with van der Waals surface area (Å²) in [5.74, 6) is -0.0240. The number of hydrogen-bond donors (Lipinski definition) is 2. The van der Waals surface area contributed by atoms with Gasteiger partial charge in [-0.05, 0) is 49.2 Å². The van der Waals surface area contributed by atoms with Crippen molar-refractivity contribution < 1.29 is 19.1 Å². The van der Waals surface area contributed by atoms with Gasteiger partial charge in [-0.2, -0.15) is 0 Å². The average molecular weight is 403 g/mol. The maximum absolute atomic E-state index is 13.0. The van der Waals surface area contributed by atoms with Crippen molar-refractivity contribution in [2.45, 2.75) is 20.3 Å². The van der Waals surface area contributed by atoms with E-state index in [0.29, 0.717) is 33.2 Å². The molecular weight excluding hydrogens is 382 g/mol. The van der Waals surface area contributed by atoms with Gasteiger partial charge in [-0.3, -0.25) is 9.59 Å². The summed E-state index contributed by atoms with van der Waals surface area (Å²) in [5, 5.41) is 13.5.